The number of nitrogens with one attached hydrogen (secondary N) is 2. The number of hydrogen-bond donors (Lipinski definition) is 2. The average molecular weight is 375 g/mol. The number of quaternary nitrogens is 1. The zero-order valence-corrected chi connectivity index (χ0v) is 15.3. The first kappa shape index (κ1) is 17.3. The first-order chi connectivity index (χ1) is 12.8. The highest BCUT2D eigenvalue weighted by molar-refractivity contribution is 7.09. The summed E-state index contributed by atoms with van der Waals surface area (Å²) in [5.74, 6) is 1.38. The first-order valence-electron chi connectivity index (χ1n) is 8.93. The van der Waals surface area contributed by atoms with Crippen LogP contribution in [0.4, 0.5) is 5.69 Å². The van der Waals surface area contributed by atoms with Gasteiger partial charge in [-0.3, -0.25) is 4.79 Å². The Morgan fingerprint density at radius 1 is 1.27 bits per heavy atom. The van der Waals surface area contributed by atoms with Gasteiger partial charge in [0.15, 0.2) is 18.0 Å². The van der Waals surface area contributed by atoms with E-state index in [9.17, 15) is 4.79 Å². The minimum atomic E-state index is -0.00609. The summed E-state index contributed by atoms with van der Waals surface area (Å²) in [6.07, 6.45) is 2.45. The SMILES string of the molecule is O=C(C[NH+](Cc1cccs1)C[C@H]1CCCO1)Nc1ccc2c(c1)OCO2. The molecule has 2 atom stereocenters. The third-order valence-corrected chi connectivity index (χ3v) is 5.49. The molecule has 3 heterocycles. The van der Waals surface area contributed by atoms with Crippen molar-refractivity contribution in [2.24, 2.45) is 0 Å². The molecule has 0 saturated carbocycles. The normalized spacial score (nSPS) is 19.5. The van der Waals surface area contributed by atoms with Crippen molar-refractivity contribution >= 4 is 22.9 Å². The van der Waals surface area contributed by atoms with Crippen molar-refractivity contribution in [1.29, 1.82) is 0 Å². The predicted molar refractivity (Wildman–Crippen MR) is 98.9 cm³/mol. The molecule has 1 saturated heterocycles. The number of hydrogen-bond acceptors (Lipinski definition) is 5. The van der Waals surface area contributed by atoms with Gasteiger partial charge in [0.05, 0.1) is 4.88 Å². The van der Waals surface area contributed by atoms with E-state index in [-0.39, 0.29) is 18.8 Å². The Bertz CT molecular complexity index is 744. The van der Waals surface area contributed by atoms with Gasteiger partial charge >= 0.3 is 0 Å². The molecule has 1 aromatic heterocycles. The fourth-order valence-corrected chi connectivity index (χ4v) is 4.18. The van der Waals surface area contributed by atoms with E-state index in [0.29, 0.717) is 18.0 Å². The Kier molecular flexibility index (Phi) is 5.38. The van der Waals surface area contributed by atoms with Gasteiger partial charge in [0, 0.05) is 18.4 Å². The van der Waals surface area contributed by atoms with E-state index in [1.807, 2.05) is 12.1 Å². The molecule has 1 fully saturated rings. The topological polar surface area (TPSA) is 61.2 Å². The summed E-state index contributed by atoms with van der Waals surface area (Å²) in [5, 5.41) is 5.05. The maximum Gasteiger partial charge on any atom is 0.279 e. The highest BCUT2D eigenvalue weighted by Crippen LogP contribution is 2.34. The highest BCUT2D eigenvalue weighted by Gasteiger charge is 2.24. The van der Waals surface area contributed by atoms with Gasteiger partial charge in [-0.2, -0.15) is 0 Å². The third-order valence-electron chi connectivity index (χ3n) is 4.61. The Morgan fingerprint density at radius 3 is 3.00 bits per heavy atom. The molecular formula is C19H23N2O4S+. The van der Waals surface area contributed by atoms with Crippen molar-refractivity contribution in [3.8, 4) is 11.5 Å². The van der Waals surface area contributed by atoms with Crippen LogP contribution in [0, 0.1) is 0 Å². The maximum absolute atomic E-state index is 12.6. The smallest absolute Gasteiger partial charge is 0.279 e. The van der Waals surface area contributed by atoms with Crippen LogP contribution in [0.3, 0.4) is 0 Å². The predicted octanol–water partition coefficient (Wildman–Crippen LogP) is 1.68. The maximum atomic E-state index is 12.6. The highest BCUT2D eigenvalue weighted by atomic mass is 32.1. The van der Waals surface area contributed by atoms with Crippen LogP contribution < -0.4 is 19.7 Å². The molecule has 26 heavy (non-hydrogen) atoms. The van der Waals surface area contributed by atoms with Gasteiger partial charge in [-0.25, -0.2) is 0 Å². The summed E-state index contributed by atoms with van der Waals surface area (Å²) in [4.78, 5) is 15.1. The van der Waals surface area contributed by atoms with E-state index in [0.717, 1.165) is 38.2 Å². The van der Waals surface area contributed by atoms with Gasteiger partial charge in [0.25, 0.3) is 5.91 Å². The first-order valence-corrected chi connectivity index (χ1v) is 9.81. The van der Waals surface area contributed by atoms with Crippen molar-refractivity contribution in [3.63, 3.8) is 0 Å². The molecule has 138 valence electrons. The number of carbonyl (C=O) groups excluding carboxylic acids is 1. The lowest BCUT2D eigenvalue weighted by Crippen LogP contribution is -3.12. The van der Waals surface area contributed by atoms with E-state index in [2.05, 4.69) is 22.8 Å². The van der Waals surface area contributed by atoms with Crippen molar-refractivity contribution in [1.82, 2.24) is 0 Å². The Hall–Kier alpha value is -2.09. The van der Waals surface area contributed by atoms with Crippen LogP contribution in [0.2, 0.25) is 0 Å². The van der Waals surface area contributed by atoms with Crippen LogP contribution in [0.1, 0.15) is 17.7 Å². The quantitative estimate of drug-likeness (QED) is 0.773. The molecule has 1 aromatic carbocycles. The number of rotatable bonds is 7. The van der Waals surface area contributed by atoms with E-state index in [1.54, 1.807) is 17.4 Å². The number of ether oxygens (including phenoxy) is 3. The van der Waals surface area contributed by atoms with Crippen LogP contribution >= 0.6 is 11.3 Å². The van der Waals surface area contributed by atoms with Gasteiger partial charge < -0.3 is 24.4 Å². The molecule has 1 unspecified atom stereocenters. The van der Waals surface area contributed by atoms with Gasteiger partial charge in [-0.1, -0.05) is 6.07 Å². The monoisotopic (exact) mass is 375 g/mol. The number of anilines is 1. The summed E-state index contributed by atoms with van der Waals surface area (Å²) >= 11 is 1.73. The summed E-state index contributed by atoms with van der Waals surface area (Å²) < 4.78 is 16.4. The van der Waals surface area contributed by atoms with Crippen LogP contribution in [0.15, 0.2) is 35.7 Å². The molecule has 2 aliphatic rings. The third kappa shape index (κ3) is 4.35. The summed E-state index contributed by atoms with van der Waals surface area (Å²) in [6, 6.07) is 9.64. The molecule has 0 bridgehead atoms. The number of thiophene rings is 1. The van der Waals surface area contributed by atoms with Crippen LogP contribution in [0.25, 0.3) is 0 Å². The van der Waals surface area contributed by atoms with Gasteiger partial charge in [-0.05, 0) is 36.4 Å². The molecule has 0 radical (unpaired) electrons. The summed E-state index contributed by atoms with van der Waals surface area (Å²) in [5.41, 5.74) is 0.729. The minimum Gasteiger partial charge on any atom is -0.454 e. The molecule has 0 spiro atoms. The zero-order valence-electron chi connectivity index (χ0n) is 14.5. The van der Waals surface area contributed by atoms with Crippen LogP contribution in [-0.4, -0.2) is 38.5 Å². The lowest BCUT2D eigenvalue weighted by Gasteiger charge is -2.21. The van der Waals surface area contributed by atoms with Gasteiger partial charge in [-0.15, -0.1) is 11.3 Å². The average Bonchev–Trinajstić information content (AvgIpc) is 3.36. The van der Waals surface area contributed by atoms with E-state index < -0.39 is 0 Å². The molecule has 2 aromatic rings. The van der Waals surface area contributed by atoms with E-state index in [4.69, 9.17) is 14.2 Å². The molecule has 0 aliphatic carbocycles. The van der Waals surface area contributed by atoms with Crippen molar-refractivity contribution in [2.45, 2.75) is 25.5 Å². The number of fused-ring (bicyclic) bond motifs is 1. The molecule has 2 N–H and O–H groups in total. The molecule has 6 nitrogen and oxygen atoms in total. The lowest BCUT2D eigenvalue weighted by atomic mass is 10.2. The number of carbonyl (C=O) groups is 1. The standard InChI is InChI=1S/C19H22N2O4S/c22-19(20-14-5-6-17-18(9-14)25-13-24-17)12-21(10-15-3-1-7-23-15)11-16-4-2-8-26-16/h2,4-6,8-9,15H,1,3,7,10-13H2,(H,20,22)/p+1/t15-/m1/s1. The van der Waals surface area contributed by atoms with E-state index in [1.165, 1.54) is 9.78 Å². The Morgan fingerprint density at radius 2 is 2.19 bits per heavy atom. The molecule has 2 aliphatic heterocycles. The second kappa shape index (κ2) is 8.07. The van der Waals surface area contributed by atoms with Crippen molar-refractivity contribution in [3.05, 3.63) is 40.6 Å². The number of benzene rings is 1. The van der Waals surface area contributed by atoms with Crippen molar-refractivity contribution < 1.29 is 23.9 Å². The summed E-state index contributed by atoms with van der Waals surface area (Å²) in [7, 11) is 0. The second-order valence-corrected chi connectivity index (χ2v) is 7.67. The minimum absolute atomic E-state index is 0.00609. The van der Waals surface area contributed by atoms with Crippen LogP contribution in [0.5, 0.6) is 11.5 Å². The van der Waals surface area contributed by atoms with Gasteiger partial charge in [0.2, 0.25) is 6.79 Å². The number of amides is 1. The molecule has 1 amide bonds. The Labute approximate surface area is 156 Å². The molecular weight excluding hydrogens is 352 g/mol. The Balaban J connectivity index is 1.38. The zero-order chi connectivity index (χ0) is 17.8. The molecule has 7 heteroatoms. The van der Waals surface area contributed by atoms with Crippen molar-refractivity contribution in [2.75, 3.05) is 31.8 Å². The largest absolute Gasteiger partial charge is 0.454 e. The van der Waals surface area contributed by atoms with E-state index >= 15 is 0 Å². The fourth-order valence-electron chi connectivity index (χ4n) is 3.40. The van der Waals surface area contributed by atoms with Crippen LogP contribution in [-0.2, 0) is 16.1 Å². The second-order valence-electron chi connectivity index (χ2n) is 6.64. The fraction of sp³-hybridized carbons (Fsp3) is 0.421. The van der Waals surface area contributed by atoms with Gasteiger partial charge in [0.1, 0.15) is 19.2 Å². The lowest BCUT2D eigenvalue weighted by molar-refractivity contribution is -0.908. The molecule has 4 rings (SSSR count). The summed E-state index contributed by atoms with van der Waals surface area (Å²) in [6.45, 7) is 3.16.